The van der Waals surface area contributed by atoms with Crippen molar-refractivity contribution in [2.45, 2.75) is 13.5 Å². The summed E-state index contributed by atoms with van der Waals surface area (Å²) < 4.78 is 28.6. The Bertz CT molecular complexity index is 1000. The predicted octanol–water partition coefficient (Wildman–Crippen LogP) is 1.31. The predicted molar refractivity (Wildman–Crippen MR) is 93.1 cm³/mol. The number of aromatic nitrogens is 1. The van der Waals surface area contributed by atoms with Crippen molar-refractivity contribution in [3.8, 4) is 11.5 Å². The van der Waals surface area contributed by atoms with Crippen LogP contribution in [-0.4, -0.2) is 43.1 Å². The molecule has 1 aromatic heterocycles. The second-order valence-electron chi connectivity index (χ2n) is 5.57. The first kappa shape index (κ1) is 17.4. The van der Waals surface area contributed by atoms with Crippen molar-refractivity contribution in [1.29, 1.82) is 0 Å². The number of rotatable bonds is 4. The standard InChI is InChI=1S/C17H16N2O7S/c1-2-23-15(20)7-19-10-5-11-12(26-9-25-11)6-14(10)27-17(19)18-16(21)13-8-22-3-4-24-13/h5-6,8H,2-4,7,9H2,1H3. The van der Waals surface area contributed by atoms with Crippen LogP contribution in [0.25, 0.3) is 10.2 Å². The number of fused-ring (bicyclic) bond motifs is 2. The van der Waals surface area contributed by atoms with Crippen molar-refractivity contribution in [2.24, 2.45) is 4.99 Å². The zero-order chi connectivity index (χ0) is 18.8. The van der Waals surface area contributed by atoms with Gasteiger partial charge >= 0.3 is 11.9 Å². The molecule has 3 heterocycles. The summed E-state index contributed by atoms with van der Waals surface area (Å²) in [5.41, 5.74) is 0.693. The molecule has 0 unspecified atom stereocenters. The van der Waals surface area contributed by atoms with Gasteiger partial charge in [-0.05, 0) is 6.92 Å². The second-order valence-corrected chi connectivity index (χ2v) is 6.58. The normalized spacial score (nSPS) is 15.9. The molecular formula is C17H16N2O7S. The number of hydrogen-bond acceptors (Lipinski definition) is 8. The van der Waals surface area contributed by atoms with Crippen molar-refractivity contribution < 1.29 is 33.3 Å². The maximum absolute atomic E-state index is 12.4. The number of carbonyl (C=O) groups excluding carboxylic acids is 2. The summed E-state index contributed by atoms with van der Waals surface area (Å²) in [7, 11) is 0. The highest BCUT2D eigenvalue weighted by molar-refractivity contribution is 7.16. The minimum absolute atomic E-state index is 0.0237. The molecule has 142 valence electrons. The fourth-order valence-electron chi connectivity index (χ4n) is 2.66. The summed E-state index contributed by atoms with van der Waals surface area (Å²) in [6.07, 6.45) is 1.24. The van der Waals surface area contributed by atoms with E-state index in [9.17, 15) is 9.59 Å². The molecule has 0 spiro atoms. The van der Waals surface area contributed by atoms with Crippen molar-refractivity contribution in [3.05, 3.63) is 29.0 Å². The molecule has 1 aromatic carbocycles. The summed E-state index contributed by atoms with van der Waals surface area (Å²) in [5.74, 6) is 0.189. The van der Waals surface area contributed by atoms with Gasteiger partial charge in [0.25, 0.3) is 0 Å². The van der Waals surface area contributed by atoms with Gasteiger partial charge in [-0.1, -0.05) is 11.3 Å². The Morgan fingerprint density at radius 3 is 2.78 bits per heavy atom. The van der Waals surface area contributed by atoms with E-state index in [0.717, 1.165) is 4.70 Å². The zero-order valence-electron chi connectivity index (χ0n) is 14.4. The first-order valence-electron chi connectivity index (χ1n) is 8.28. The fourth-order valence-corrected chi connectivity index (χ4v) is 3.69. The lowest BCUT2D eigenvalue weighted by Gasteiger charge is -2.12. The molecule has 0 bridgehead atoms. The average molecular weight is 392 g/mol. The van der Waals surface area contributed by atoms with Gasteiger partial charge in [-0.3, -0.25) is 9.59 Å². The molecule has 27 heavy (non-hydrogen) atoms. The Labute approximate surface area is 157 Å². The van der Waals surface area contributed by atoms with Crippen molar-refractivity contribution in [3.63, 3.8) is 0 Å². The van der Waals surface area contributed by atoms with E-state index < -0.39 is 11.9 Å². The molecule has 2 aliphatic heterocycles. The van der Waals surface area contributed by atoms with Crippen LogP contribution < -0.4 is 14.3 Å². The molecule has 4 rings (SSSR count). The Balaban J connectivity index is 1.80. The Morgan fingerprint density at radius 2 is 2.04 bits per heavy atom. The summed E-state index contributed by atoms with van der Waals surface area (Å²) in [5, 5.41) is 0. The molecule has 0 fully saturated rings. The molecule has 0 saturated heterocycles. The lowest BCUT2D eigenvalue weighted by molar-refractivity contribution is -0.143. The number of nitrogens with zero attached hydrogens (tertiary/aromatic N) is 2. The third-order valence-electron chi connectivity index (χ3n) is 3.83. The van der Waals surface area contributed by atoms with Crippen molar-refractivity contribution in [1.82, 2.24) is 4.57 Å². The summed E-state index contributed by atoms with van der Waals surface area (Å²) >= 11 is 1.25. The van der Waals surface area contributed by atoms with E-state index in [-0.39, 0.29) is 32.3 Å². The van der Waals surface area contributed by atoms with Gasteiger partial charge in [0, 0.05) is 12.1 Å². The van der Waals surface area contributed by atoms with Gasteiger partial charge in [0.2, 0.25) is 12.6 Å². The van der Waals surface area contributed by atoms with E-state index in [2.05, 4.69) is 4.99 Å². The topological polar surface area (TPSA) is 97.6 Å². The highest BCUT2D eigenvalue weighted by atomic mass is 32.1. The van der Waals surface area contributed by atoms with Gasteiger partial charge in [-0.2, -0.15) is 4.99 Å². The van der Waals surface area contributed by atoms with E-state index >= 15 is 0 Å². The number of ether oxygens (including phenoxy) is 5. The fraction of sp³-hybridized carbons (Fsp3) is 0.353. The van der Waals surface area contributed by atoms with Crippen molar-refractivity contribution in [2.75, 3.05) is 26.6 Å². The number of esters is 1. The third-order valence-corrected chi connectivity index (χ3v) is 4.87. The number of amides is 1. The molecule has 2 aliphatic rings. The van der Waals surface area contributed by atoms with Gasteiger partial charge in [-0.25, -0.2) is 0 Å². The summed E-state index contributed by atoms with van der Waals surface area (Å²) in [4.78, 5) is 28.9. The first-order valence-corrected chi connectivity index (χ1v) is 9.09. The Morgan fingerprint density at radius 1 is 1.22 bits per heavy atom. The Hall–Kier alpha value is -3.01. The van der Waals surface area contributed by atoms with Crippen LogP contribution in [-0.2, 0) is 30.3 Å². The minimum atomic E-state index is -0.584. The first-order chi connectivity index (χ1) is 13.2. The lowest BCUT2D eigenvalue weighted by atomic mass is 10.3. The van der Waals surface area contributed by atoms with Crippen LogP contribution >= 0.6 is 11.3 Å². The maximum Gasteiger partial charge on any atom is 0.326 e. The molecule has 2 aromatic rings. The van der Waals surface area contributed by atoms with E-state index in [4.69, 9.17) is 23.7 Å². The molecule has 0 N–H and O–H groups in total. The number of benzene rings is 1. The Kier molecular flexibility index (Phi) is 4.71. The minimum Gasteiger partial charge on any atom is -0.494 e. The molecule has 9 nitrogen and oxygen atoms in total. The SMILES string of the molecule is CCOC(=O)Cn1c(=NC(=O)C2=COCCO2)sc2cc3c(cc21)OCO3. The van der Waals surface area contributed by atoms with Gasteiger partial charge in [-0.15, -0.1) is 0 Å². The van der Waals surface area contributed by atoms with Crippen molar-refractivity contribution >= 4 is 33.4 Å². The third kappa shape index (κ3) is 3.47. The van der Waals surface area contributed by atoms with Crippen LogP contribution in [0.3, 0.4) is 0 Å². The van der Waals surface area contributed by atoms with E-state index in [0.29, 0.717) is 28.4 Å². The molecule has 0 atom stereocenters. The van der Waals surface area contributed by atoms with Crippen LogP contribution in [0.1, 0.15) is 6.92 Å². The van der Waals surface area contributed by atoms with E-state index in [1.54, 1.807) is 23.6 Å². The highest BCUT2D eigenvalue weighted by Gasteiger charge is 2.20. The van der Waals surface area contributed by atoms with E-state index in [1.807, 2.05) is 0 Å². The number of hydrogen-bond donors (Lipinski definition) is 0. The second kappa shape index (κ2) is 7.31. The average Bonchev–Trinajstić information content (AvgIpc) is 3.25. The lowest BCUT2D eigenvalue weighted by Crippen LogP contribution is -2.24. The van der Waals surface area contributed by atoms with Gasteiger partial charge in [0.1, 0.15) is 26.0 Å². The van der Waals surface area contributed by atoms with Gasteiger partial charge < -0.3 is 28.3 Å². The van der Waals surface area contributed by atoms with Crippen LogP contribution in [0.2, 0.25) is 0 Å². The maximum atomic E-state index is 12.4. The molecule has 10 heteroatoms. The molecule has 0 aliphatic carbocycles. The molecule has 0 saturated carbocycles. The zero-order valence-corrected chi connectivity index (χ0v) is 15.2. The largest absolute Gasteiger partial charge is 0.494 e. The quantitative estimate of drug-likeness (QED) is 0.724. The van der Waals surface area contributed by atoms with Crippen LogP contribution in [0.15, 0.2) is 29.1 Å². The molecular weight excluding hydrogens is 376 g/mol. The van der Waals surface area contributed by atoms with Crippen LogP contribution in [0.5, 0.6) is 11.5 Å². The summed E-state index contributed by atoms with van der Waals surface area (Å²) in [6.45, 7) is 2.71. The van der Waals surface area contributed by atoms with Crippen LogP contribution in [0, 0.1) is 0 Å². The molecule has 0 radical (unpaired) electrons. The van der Waals surface area contributed by atoms with Crippen LogP contribution in [0.4, 0.5) is 0 Å². The summed E-state index contributed by atoms with van der Waals surface area (Å²) in [6, 6.07) is 3.56. The van der Waals surface area contributed by atoms with Gasteiger partial charge in [0.15, 0.2) is 16.3 Å². The monoisotopic (exact) mass is 392 g/mol. The number of thiazole rings is 1. The van der Waals surface area contributed by atoms with Gasteiger partial charge in [0.05, 0.1) is 16.8 Å². The highest BCUT2D eigenvalue weighted by Crippen LogP contribution is 2.37. The van der Waals surface area contributed by atoms with E-state index in [1.165, 1.54) is 17.6 Å². The number of carbonyl (C=O) groups is 2. The smallest absolute Gasteiger partial charge is 0.326 e. The molecule has 1 amide bonds.